The quantitative estimate of drug-likeness (QED) is 0.782. The van der Waals surface area contributed by atoms with E-state index in [2.05, 4.69) is 4.98 Å². The molecule has 13 heavy (non-hydrogen) atoms. The highest BCUT2D eigenvalue weighted by Crippen LogP contribution is 2.27. The molecule has 0 aliphatic rings. The summed E-state index contributed by atoms with van der Waals surface area (Å²) in [5.41, 5.74) is 0.469. The number of nitrogens with zero attached hydrogens (tertiary/aromatic N) is 1. The summed E-state index contributed by atoms with van der Waals surface area (Å²) in [6.45, 7) is 5.36. The van der Waals surface area contributed by atoms with Crippen molar-refractivity contribution in [1.82, 2.24) is 4.98 Å². The average molecular weight is 295 g/mol. The summed E-state index contributed by atoms with van der Waals surface area (Å²) < 4.78 is 18.5. The molecule has 0 atom stereocenters. The zero-order valence-electron chi connectivity index (χ0n) is 7.77. The molecule has 1 aromatic rings. The van der Waals surface area contributed by atoms with Crippen molar-refractivity contribution < 1.29 is 7.46 Å². The van der Waals surface area contributed by atoms with E-state index < -0.39 is 5.60 Å². The molecule has 4 heteroatoms. The van der Waals surface area contributed by atoms with Crippen LogP contribution in [0.5, 0.6) is 0 Å². The Morgan fingerprint density at radius 1 is 1.54 bits per heavy atom. The van der Waals surface area contributed by atoms with E-state index in [0.717, 1.165) is 5.56 Å². The SMILES string of the molecule is Cc1cnc(C(C)(C)OI)c(F)c1. The van der Waals surface area contributed by atoms with Crippen molar-refractivity contribution in [2.24, 2.45) is 0 Å². The van der Waals surface area contributed by atoms with E-state index in [1.807, 2.05) is 0 Å². The topological polar surface area (TPSA) is 22.1 Å². The molecule has 0 aliphatic carbocycles. The minimum Gasteiger partial charge on any atom is -0.303 e. The number of aromatic nitrogens is 1. The van der Waals surface area contributed by atoms with Crippen LogP contribution in [0.2, 0.25) is 0 Å². The Labute approximate surface area is 91.2 Å². The Kier molecular flexibility index (Phi) is 3.23. The summed E-state index contributed by atoms with van der Waals surface area (Å²) in [7, 11) is 0. The van der Waals surface area contributed by atoms with Crippen LogP contribution in [-0.4, -0.2) is 4.98 Å². The van der Waals surface area contributed by atoms with Crippen LogP contribution in [0.3, 0.4) is 0 Å². The molecular formula is C9H11FINO. The van der Waals surface area contributed by atoms with Gasteiger partial charge in [0.1, 0.15) is 40.1 Å². The Bertz CT molecular complexity index is 314. The molecule has 1 aromatic heterocycles. The maximum atomic E-state index is 13.4. The first-order valence-electron chi connectivity index (χ1n) is 3.90. The van der Waals surface area contributed by atoms with Crippen LogP contribution in [0.15, 0.2) is 12.3 Å². The van der Waals surface area contributed by atoms with Crippen molar-refractivity contribution in [1.29, 1.82) is 0 Å². The second-order valence-electron chi connectivity index (χ2n) is 3.43. The molecule has 1 heterocycles. The van der Waals surface area contributed by atoms with Gasteiger partial charge in [0.15, 0.2) is 0 Å². The number of halogens is 2. The van der Waals surface area contributed by atoms with Crippen molar-refractivity contribution in [2.45, 2.75) is 26.4 Å². The summed E-state index contributed by atoms with van der Waals surface area (Å²) in [4.78, 5) is 4.02. The molecule has 0 N–H and O–H groups in total. The predicted octanol–water partition coefficient (Wildman–Crippen LogP) is 3.13. The zero-order valence-corrected chi connectivity index (χ0v) is 9.92. The Morgan fingerprint density at radius 3 is 2.62 bits per heavy atom. The van der Waals surface area contributed by atoms with Crippen LogP contribution >= 0.6 is 23.0 Å². The molecular weight excluding hydrogens is 284 g/mol. The van der Waals surface area contributed by atoms with Gasteiger partial charge in [-0.1, -0.05) is 0 Å². The maximum absolute atomic E-state index is 13.4. The fourth-order valence-electron chi connectivity index (χ4n) is 1.01. The molecule has 0 aromatic carbocycles. The lowest BCUT2D eigenvalue weighted by molar-refractivity contribution is 0.163. The number of hydrogen-bond donors (Lipinski definition) is 0. The van der Waals surface area contributed by atoms with E-state index in [0.29, 0.717) is 5.69 Å². The number of aryl methyl sites for hydroxylation is 1. The van der Waals surface area contributed by atoms with Gasteiger partial charge in [-0.2, -0.15) is 0 Å². The van der Waals surface area contributed by atoms with Gasteiger partial charge in [0.05, 0.1) is 0 Å². The fourth-order valence-corrected chi connectivity index (χ4v) is 1.22. The standard InChI is InChI=1S/C9H11FINO/c1-6-4-7(10)8(12-5-6)9(2,3)13-11/h4-5H,1-3H3. The Hall–Kier alpha value is -0.230. The van der Waals surface area contributed by atoms with E-state index in [1.54, 1.807) is 50.0 Å². The molecule has 0 bridgehead atoms. The molecule has 0 radical (unpaired) electrons. The normalized spacial score (nSPS) is 11.8. The smallest absolute Gasteiger partial charge is 0.147 e. The molecule has 0 aliphatic heterocycles. The first kappa shape index (κ1) is 10.8. The van der Waals surface area contributed by atoms with Gasteiger partial charge in [0.2, 0.25) is 0 Å². The second-order valence-corrected chi connectivity index (χ2v) is 3.87. The van der Waals surface area contributed by atoms with Crippen LogP contribution < -0.4 is 0 Å². The molecule has 0 saturated carbocycles. The molecule has 0 fully saturated rings. The highest BCUT2D eigenvalue weighted by Gasteiger charge is 2.26. The van der Waals surface area contributed by atoms with E-state index in [1.165, 1.54) is 6.07 Å². The van der Waals surface area contributed by atoms with Crippen molar-refractivity contribution in [3.8, 4) is 0 Å². The van der Waals surface area contributed by atoms with Gasteiger partial charge >= 0.3 is 0 Å². The van der Waals surface area contributed by atoms with Crippen LogP contribution in [-0.2, 0) is 8.67 Å². The zero-order chi connectivity index (χ0) is 10.1. The first-order valence-corrected chi connectivity index (χ1v) is 4.78. The average Bonchev–Trinajstić information content (AvgIpc) is 2.03. The lowest BCUT2D eigenvalue weighted by atomic mass is 10.0. The summed E-state index contributed by atoms with van der Waals surface area (Å²) >= 11 is 1.75. The van der Waals surface area contributed by atoms with Crippen LogP contribution in [0.25, 0.3) is 0 Å². The molecule has 2 nitrogen and oxygen atoms in total. The third kappa shape index (κ3) is 2.37. The first-order chi connectivity index (χ1) is 5.97. The lowest BCUT2D eigenvalue weighted by Gasteiger charge is -2.20. The minimum atomic E-state index is -0.682. The van der Waals surface area contributed by atoms with Crippen LogP contribution in [0.1, 0.15) is 25.1 Å². The molecule has 1 rings (SSSR count). The second kappa shape index (κ2) is 3.88. The lowest BCUT2D eigenvalue weighted by Crippen LogP contribution is -2.20. The molecule has 0 unspecified atom stereocenters. The number of pyridine rings is 1. The highest BCUT2D eigenvalue weighted by molar-refractivity contribution is 14.1. The van der Waals surface area contributed by atoms with E-state index in [4.69, 9.17) is 3.07 Å². The maximum Gasteiger partial charge on any atom is 0.147 e. The largest absolute Gasteiger partial charge is 0.303 e. The Balaban J connectivity index is 3.16. The molecule has 0 spiro atoms. The molecule has 0 amide bonds. The minimum absolute atomic E-state index is 0.318. The summed E-state index contributed by atoms with van der Waals surface area (Å²) in [6.07, 6.45) is 1.63. The van der Waals surface area contributed by atoms with E-state index in [9.17, 15) is 4.39 Å². The third-order valence-corrected chi connectivity index (χ3v) is 2.84. The van der Waals surface area contributed by atoms with Crippen LogP contribution in [0, 0.1) is 12.7 Å². The number of rotatable bonds is 2. The van der Waals surface area contributed by atoms with Crippen molar-refractivity contribution in [3.63, 3.8) is 0 Å². The van der Waals surface area contributed by atoms with Gasteiger partial charge in [-0.25, -0.2) is 4.39 Å². The van der Waals surface area contributed by atoms with Crippen molar-refractivity contribution >= 4 is 23.0 Å². The summed E-state index contributed by atoms with van der Waals surface area (Å²) in [5, 5.41) is 0. The van der Waals surface area contributed by atoms with Crippen LogP contribution in [0.4, 0.5) is 4.39 Å². The van der Waals surface area contributed by atoms with E-state index in [-0.39, 0.29) is 5.82 Å². The van der Waals surface area contributed by atoms with Gasteiger partial charge < -0.3 is 3.07 Å². The highest BCUT2D eigenvalue weighted by atomic mass is 127. The van der Waals surface area contributed by atoms with Gasteiger partial charge in [0, 0.05) is 6.20 Å². The fraction of sp³-hybridized carbons (Fsp3) is 0.444. The van der Waals surface area contributed by atoms with Gasteiger partial charge in [0.25, 0.3) is 0 Å². The van der Waals surface area contributed by atoms with E-state index >= 15 is 0 Å². The van der Waals surface area contributed by atoms with Crippen molar-refractivity contribution in [3.05, 3.63) is 29.3 Å². The van der Waals surface area contributed by atoms with Crippen molar-refractivity contribution in [2.75, 3.05) is 0 Å². The van der Waals surface area contributed by atoms with Gasteiger partial charge in [-0.05, 0) is 32.4 Å². The molecule has 72 valence electrons. The number of hydrogen-bond acceptors (Lipinski definition) is 2. The Morgan fingerprint density at radius 2 is 2.15 bits per heavy atom. The summed E-state index contributed by atoms with van der Waals surface area (Å²) in [5.74, 6) is -0.318. The van der Waals surface area contributed by atoms with Gasteiger partial charge in [-0.3, -0.25) is 4.98 Å². The van der Waals surface area contributed by atoms with Gasteiger partial charge in [-0.15, -0.1) is 0 Å². The molecule has 0 saturated heterocycles. The predicted molar refractivity (Wildman–Crippen MR) is 57.1 cm³/mol. The summed E-state index contributed by atoms with van der Waals surface area (Å²) in [6, 6.07) is 1.46. The third-order valence-electron chi connectivity index (χ3n) is 1.74. The monoisotopic (exact) mass is 295 g/mol.